The van der Waals surface area contributed by atoms with Crippen molar-refractivity contribution in [2.45, 2.75) is 32.6 Å². The van der Waals surface area contributed by atoms with Gasteiger partial charge in [-0.15, -0.1) is 0 Å². The quantitative estimate of drug-likeness (QED) is 0.860. The van der Waals surface area contributed by atoms with Gasteiger partial charge in [0.25, 0.3) is 0 Å². The summed E-state index contributed by atoms with van der Waals surface area (Å²) in [5.41, 5.74) is 10.3. The maximum atomic E-state index is 5.96. The summed E-state index contributed by atoms with van der Waals surface area (Å²) in [4.78, 5) is 4.52. The maximum Gasteiger partial charge on any atom is 0.123 e. The van der Waals surface area contributed by atoms with Gasteiger partial charge in [-0.05, 0) is 38.7 Å². The Kier molecular flexibility index (Phi) is 3.15. The third-order valence-corrected chi connectivity index (χ3v) is 3.53. The average molecular weight is 257 g/mol. The molecule has 0 spiro atoms. The Bertz CT molecular complexity index is 589. The molecule has 19 heavy (non-hydrogen) atoms. The lowest BCUT2D eigenvalue weighted by atomic mass is 10.0. The molecule has 0 unspecified atom stereocenters. The van der Waals surface area contributed by atoms with E-state index in [1.165, 1.54) is 24.2 Å². The molecule has 4 heteroatoms. The first kappa shape index (κ1) is 12.1. The van der Waals surface area contributed by atoms with E-state index in [0.29, 0.717) is 6.61 Å². The molecular weight excluding hydrogens is 238 g/mol. The molecule has 0 atom stereocenters. The Morgan fingerprint density at radius 2 is 2.11 bits per heavy atom. The van der Waals surface area contributed by atoms with E-state index in [1.54, 1.807) is 0 Å². The summed E-state index contributed by atoms with van der Waals surface area (Å²) in [6.07, 6.45) is 6.56. The number of benzene rings is 1. The van der Waals surface area contributed by atoms with Gasteiger partial charge in [-0.25, -0.2) is 4.98 Å². The average Bonchev–Trinajstić information content (AvgIpc) is 2.82. The van der Waals surface area contributed by atoms with Crippen LogP contribution in [-0.4, -0.2) is 16.2 Å². The number of hydrogen-bond acceptors (Lipinski definition) is 3. The molecule has 0 fully saturated rings. The number of nitrogens with two attached hydrogens (primary N) is 1. The van der Waals surface area contributed by atoms with Crippen molar-refractivity contribution in [2.75, 3.05) is 12.3 Å². The van der Waals surface area contributed by atoms with Crippen LogP contribution in [0.3, 0.4) is 0 Å². The highest BCUT2D eigenvalue weighted by molar-refractivity contribution is 5.54. The van der Waals surface area contributed by atoms with Gasteiger partial charge in [0.1, 0.15) is 5.75 Å². The standard InChI is InChI=1S/C15H19N3O/c1-2-19-13-8-11(16)7-12(9-13)18-10-17-14-5-3-4-6-15(14)18/h7-10H,2-6,16H2,1H3. The number of nitrogens with zero attached hydrogens (tertiary/aromatic N) is 2. The minimum absolute atomic E-state index is 0.644. The first-order valence-corrected chi connectivity index (χ1v) is 6.86. The number of ether oxygens (including phenoxy) is 1. The fraction of sp³-hybridized carbons (Fsp3) is 0.400. The molecule has 1 aromatic carbocycles. The predicted octanol–water partition coefficient (Wildman–Crippen LogP) is 2.73. The van der Waals surface area contributed by atoms with E-state index in [-0.39, 0.29) is 0 Å². The molecular formula is C15H19N3O. The third-order valence-electron chi connectivity index (χ3n) is 3.53. The van der Waals surface area contributed by atoms with E-state index < -0.39 is 0 Å². The Morgan fingerprint density at radius 1 is 1.26 bits per heavy atom. The molecule has 0 aliphatic heterocycles. The fourth-order valence-electron chi connectivity index (χ4n) is 2.69. The fourth-order valence-corrected chi connectivity index (χ4v) is 2.69. The molecule has 0 saturated carbocycles. The lowest BCUT2D eigenvalue weighted by Gasteiger charge is -2.15. The van der Waals surface area contributed by atoms with E-state index >= 15 is 0 Å². The van der Waals surface area contributed by atoms with Crippen molar-refractivity contribution in [2.24, 2.45) is 0 Å². The smallest absolute Gasteiger partial charge is 0.123 e. The van der Waals surface area contributed by atoms with Crippen molar-refractivity contribution < 1.29 is 4.74 Å². The van der Waals surface area contributed by atoms with Gasteiger partial charge in [0, 0.05) is 23.5 Å². The van der Waals surface area contributed by atoms with Crippen molar-refractivity contribution in [1.29, 1.82) is 0 Å². The molecule has 0 radical (unpaired) electrons. The van der Waals surface area contributed by atoms with Crippen LogP contribution in [0.25, 0.3) is 5.69 Å². The number of aryl methyl sites for hydroxylation is 1. The minimum Gasteiger partial charge on any atom is -0.494 e. The van der Waals surface area contributed by atoms with Crippen molar-refractivity contribution >= 4 is 5.69 Å². The van der Waals surface area contributed by atoms with Gasteiger partial charge in [-0.1, -0.05) is 0 Å². The highest BCUT2D eigenvalue weighted by Gasteiger charge is 2.16. The summed E-state index contributed by atoms with van der Waals surface area (Å²) in [6, 6.07) is 5.85. The number of hydrogen-bond donors (Lipinski definition) is 1. The number of rotatable bonds is 3. The van der Waals surface area contributed by atoms with E-state index in [4.69, 9.17) is 10.5 Å². The summed E-state index contributed by atoms with van der Waals surface area (Å²) < 4.78 is 7.70. The van der Waals surface area contributed by atoms with Crippen molar-refractivity contribution in [3.05, 3.63) is 35.9 Å². The van der Waals surface area contributed by atoms with Crippen LogP contribution in [0.4, 0.5) is 5.69 Å². The molecule has 0 amide bonds. The highest BCUT2D eigenvalue weighted by atomic mass is 16.5. The van der Waals surface area contributed by atoms with Crippen molar-refractivity contribution in [1.82, 2.24) is 9.55 Å². The largest absolute Gasteiger partial charge is 0.494 e. The van der Waals surface area contributed by atoms with Crippen LogP contribution in [0, 0.1) is 0 Å². The molecule has 1 heterocycles. The van der Waals surface area contributed by atoms with Gasteiger partial charge < -0.3 is 15.0 Å². The van der Waals surface area contributed by atoms with Gasteiger partial charge in [-0.2, -0.15) is 0 Å². The Hall–Kier alpha value is -1.97. The monoisotopic (exact) mass is 257 g/mol. The molecule has 1 aromatic heterocycles. The van der Waals surface area contributed by atoms with Crippen LogP contribution in [0.5, 0.6) is 5.75 Å². The number of fused-ring (bicyclic) bond motifs is 1. The summed E-state index contributed by atoms with van der Waals surface area (Å²) in [5.74, 6) is 0.816. The van der Waals surface area contributed by atoms with Gasteiger partial charge in [-0.3, -0.25) is 0 Å². The Balaban J connectivity index is 2.04. The Labute approximate surface area is 113 Å². The predicted molar refractivity (Wildman–Crippen MR) is 75.8 cm³/mol. The second kappa shape index (κ2) is 4.96. The second-order valence-electron chi connectivity index (χ2n) is 4.91. The molecule has 2 aromatic rings. The van der Waals surface area contributed by atoms with Gasteiger partial charge in [0.05, 0.1) is 24.3 Å². The van der Waals surface area contributed by atoms with Crippen LogP contribution in [-0.2, 0) is 12.8 Å². The summed E-state index contributed by atoms with van der Waals surface area (Å²) in [5, 5.41) is 0. The number of aromatic nitrogens is 2. The maximum absolute atomic E-state index is 5.96. The molecule has 0 saturated heterocycles. The van der Waals surface area contributed by atoms with Crippen LogP contribution >= 0.6 is 0 Å². The molecule has 4 nitrogen and oxygen atoms in total. The van der Waals surface area contributed by atoms with Crippen LogP contribution < -0.4 is 10.5 Å². The SMILES string of the molecule is CCOc1cc(N)cc(-n2cnc3c2CCCC3)c1. The summed E-state index contributed by atoms with van der Waals surface area (Å²) in [7, 11) is 0. The molecule has 1 aliphatic carbocycles. The normalized spacial score (nSPS) is 14.2. The first-order chi connectivity index (χ1) is 9.28. The van der Waals surface area contributed by atoms with E-state index in [0.717, 1.165) is 30.0 Å². The lowest BCUT2D eigenvalue weighted by Crippen LogP contribution is -2.07. The van der Waals surface area contributed by atoms with Crippen LogP contribution in [0.1, 0.15) is 31.2 Å². The van der Waals surface area contributed by atoms with Crippen molar-refractivity contribution in [3.8, 4) is 11.4 Å². The van der Waals surface area contributed by atoms with E-state index in [9.17, 15) is 0 Å². The summed E-state index contributed by atoms with van der Waals surface area (Å²) >= 11 is 0. The molecule has 2 N–H and O–H groups in total. The van der Waals surface area contributed by atoms with Crippen LogP contribution in [0.2, 0.25) is 0 Å². The van der Waals surface area contributed by atoms with Gasteiger partial charge >= 0.3 is 0 Å². The zero-order valence-electron chi connectivity index (χ0n) is 11.2. The lowest BCUT2D eigenvalue weighted by molar-refractivity contribution is 0.340. The zero-order valence-corrected chi connectivity index (χ0v) is 11.2. The van der Waals surface area contributed by atoms with E-state index in [2.05, 4.69) is 9.55 Å². The minimum atomic E-state index is 0.644. The first-order valence-electron chi connectivity index (χ1n) is 6.86. The third kappa shape index (κ3) is 2.30. The topological polar surface area (TPSA) is 53.1 Å². The number of anilines is 1. The molecule has 100 valence electrons. The van der Waals surface area contributed by atoms with Gasteiger partial charge in [0.2, 0.25) is 0 Å². The number of nitrogen functional groups attached to an aromatic ring is 1. The van der Waals surface area contributed by atoms with E-state index in [1.807, 2.05) is 31.5 Å². The van der Waals surface area contributed by atoms with Gasteiger partial charge in [0.15, 0.2) is 0 Å². The number of imidazole rings is 1. The highest BCUT2D eigenvalue weighted by Crippen LogP contribution is 2.27. The second-order valence-corrected chi connectivity index (χ2v) is 4.91. The molecule has 1 aliphatic rings. The zero-order chi connectivity index (χ0) is 13.2. The summed E-state index contributed by atoms with van der Waals surface area (Å²) in [6.45, 7) is 2.62. The molecule has 3 rings (SSSR count). The molecule has 0 bridgehead atoms. The Morgan fingerprint density at radius 3 is 2.95 bits per heavy atom. The van der Waals surface area contributed by atoms with Crippen molar-refractivity contribution in [3.63, 3.8) is 0 Å². The van der Waals surface area contributed by atoms with Crippen LogP contribution in [0.15, 0.2) is 24.5 Å².